The van der Waals surface area contributed by atoms with Gasteiger partial charge in [-0.15, -0.1) is 0 Å². The van der Waals surface area contributed by atoms with Crippen molar-refractivity contribution in [1.82, 2.24) is 0 Å². The van der Waals surface area contributed by atoms with Gasteiger partial charge in [-0.05, 0) is 87.4 Å². The zero-order valence-electron chi connectivity index (χ0n) is 21.7. The maximum atomic E-state index is 12.4. The van der Waals surface area contributed by atoms with Crippen molar-refractivity contribution in [3.63, 3.8) is 0 Å². The minimum Gasteiger partial charge on any atom is -0.462 e. The van der Waals surface area contributed by atoms with Crippen LogP contribution in [0.3, 0.4) is 0 Å². The van der Waals surface area contributed by atoms with Gasteiger partial charge in [-0.1, -0.05) is 45.9 Å². The quantitative estimate of drug-likeness (QED) is 0.245. The molecule has 188 valence electrons. The largest absolute Gasteiger partial charge is 0.462 e. The first-order valence-corrected chi connectivity index (χ1v) is 12.8. The lowest BCUT2D eigenvalue weighted by Gasteiger charge is -2.59. The molecule has 2 fully saturated rings. The lowest BCUT2D eigenvalue weighted by Crippen LogP contribution is -2.50. The van der Waals surface area contributed by atoms with Crippen molar-refractivity contribution in [2.45, 2.75) is 99.0 Å². The summed E-state index contributed by atoms with van der Waals surface area (Å²) in [5.74, 6) is 0.726. The van der Waals surface area contributed by atoms with Gasteiger partial charge in [0.1, 0.15) is 6.61 Å². The Balaban J connectivity index is 1.87. The summed E-state index contributed by atoms with van der Waals surface area (Å²) in [6.07, 6.45) is 9.40. The lowest BCUT2D eigenvalue weighted by molar-refractivity contribution is -0.159. The molecule has 0 radical (unpaired) electrons. The minimum absolute atomic E-state index is 0.123. The molecule has 2 aliphatic carbocycles. The Morgan fingerprint density at radius 1 is 1.30 bits per heavy atom. The van der Waals surface area contributed by atoms with Gasteiger partial charge in [-0.2, -0.15) is 0 Å². The highest BCUT2D eigenvalue weighted by Crippen LogP contribution is 2.62. The van der Waals surface area contributed by atoms with Gasteiger partial charge in [-0.25, -0.2) is 4.79 Å². The van der Waals surface area contributed by atoms with E-state index in [0.717, 1.165) is 19.3 Å². The Morgan fingerprint density at radius 2 is 2.00 bits per heavy atom. The highest BCUT2D eigenvalue weighted by Gasteiger charge is 2.53. The second-order valence-corrected chi connectivity index (χ2v) is 11.1. The molecule has 2 saturated carbocycles. The second kappa shape index (κ2) is 11.7. The maximum Gasteiger partial charge on any atom is 0.333 e. The smallest absolute Gasteiger partial charge is 0.333 e. The Labute approximate surface area is 201 Å². The first-order chi connectivity index (χ1) is 15.5. The zero-order chi connectivity index (χ0) is 24.8. The number of hydrogen-bond acceptors (Lipinski definition) is 5. The van der Waals surface area contributed by atoms with Crippen LogP contribution in [0, 0.1) is 28.6 Å². The first kappa shape index (κ1) is 27.6. The number of aliphatic hydroxyl groups excluding tert-OH is 1. The fourth-order valence-electron chi connectivity index (χ4n) is 6.06. The van der Waals surface area contributed by atoms with E-state index in [9.17, 15) is 14.7 Å². The molecule has 0 aromatic heterocycles. The molecule has 0 amide bonds. The number of fused-ring (bicyclic) bond motifs is 1. The van der Waals surface area contributed by atoms with Gasteiger partial charge in [0.05, 0.1) is 6.61 Å². The van der Waals surface area contributed by atoms with Crippen LogP contribution in [0.2, 0.25) is 0 Å². The van der Waals surface area contributed by atoms with Crippen molar-refractivity contribution in [2.24, 2.45) is 28.6 Å². The first-order valence-electron chi connectivity index (χ1n) is 12.8. The third kappa shape index (κ3) is 6.49. The number of aliphatic hydroxyl groups is 1. The number of ether oxygens (including phenoxy) is 2. The molecule has 0 aromatic rings. The van der Waals surface area contributed by atoms with Crippen LogP contribution in [-0.4, -0.2) is 36.4 Å². The average Bonchev–Trinajstić information content (AvgIpc) is 2.78. The van der Waals surface area contributed by atoms with Crippen LogP contribution in [0.15, 0.2) is 23.8 Å². The summed E-state index contributed by atoms with van der Waals surface area (Å²) < 4.78 is 10.5. The fraction of sp³-hybridized carbons (Fsp3) is 0.786. The number of carbonyl (C=O) groups is 2. The summed E-state index contributed by atoms with van der Waals surface area (Å²) in [7, 11) is 0. The number of carbonyl (C=O) groups excluding carboxylic acids is 2. The minimum atomic E-state index is -0.842. The predicted molar refractivity (Wildman–Crippen MR) is 131 cm³/mol. The number of rotatable bonds is 10. The number of allylic oxidation sites excluding steroid dienone is 2. The average molecular weight is 463 g/mol. The predicted octanol–water partition coefficient (Wildman–Crippen LogP) is 6.01. The molecule has 6 atom stereocenters. The molecule has 2 rings (SSSR count). The normalized spacial score (nSPS) is 32.0. The van der Waals surface area contributed by atoms with E-state index in [4.69, 9.17) is 9.47 Å². The van der Waals surface area contributed by atoms with Crippen LogP contribution in [-0.2, 0) is 19.1 Å². The van der Waals surface area contributed by atoms with E-state index in [2.05, 4.69) is 34.3 Å². The monoisotopic (exact) mass is 462 g/mol. The Bertz CT molecular complexity index is 741. The molecule has 2 unspecified atom stereocenters. The molecule has 0 heterocycles. The Kier molecular flexibility index (Phi) is 9.78. The van der Waals surface area contributed by atoms with Crippen LogP contribution < -0.4 is 0 Å². The third-order valence-corrected chi connectivity index (χ3v) is 8.92. The van der Waals surface area contributed by atoms with Crippen LogP contribution in [0.5, 0.6) is 0 Å². The summed E-state index contributed by atoms with van der Waals surface area (Å²) in [5, 5.41) is 9.45. The molecular weight excluding hydrogens is 416 g/mol. The SMILES string of the molecule is C=C1CCC[C@@H]2[C@@](C)(CCC(C)CC(=O)OCC(CO)OC(=O)/C(C)=C/C)[C@H](C)CC[C@@]12C. The van der Waals surface area contributed by atoms with E-state index in [0.29, 0.717) is 23.8 Å². The molecule has 0 aliphatic heterocycles. The van der Waals surface area contributed by atoms with Gasteiger partial charge >= 0.3 is 11.9 Å². The Morgan fingerprint density at radius 3 is 2.64 bits per heavy atom. The van der Waals surface area contributed by atoms with E-state index in [1.807, 2.05) is 0 Å². The molecule has 0 aromatic carbocycles. The number of esters is 2. The van der Waals surface area contributed by atoms with Crippen molar-refractivity contribution in [3.05, 3.63) is 23.8 Å². The summed E-state index contributed by atoms with van der Waals surface area (Å²) in [6.45, 7) is 16.8. The van der Waals surface area contributed by atoms with Gasteiger partial charge in [0, 0.05) is 12.0 Å². The molecule has 1 N–H and O–H groups in total. The van der Waals surface area contributed by atoms with Gasteiger partial charge in [-0.3, -0.25) is 4.79 Å². The van der Waals surface area contributed by atoms with Gasteiger partial charge < -0.3 is 14.6 Å². The fourth-order valence-corrected chi connectivity index (χ4v) is 6.06. The van der Waals surface area contributed by atoms with Gasteiger partial charge in [0.15, 0.2) is 6.10 Å². The van der Waals surface area contributed by atoms with Crippen LogP contribution in [0.4, 0.5) is 0 Å². The highest BCUT2D eigenvalue weighted by molar-refractivity contribution is 5.87. The van der Waals surface area contributed by atoms with Crippen LogP contribution in [0.1, 0.15) is 92.9 Å². The molecule has 5 nitrogen and oxygen atoms in total. The maximum absolute atomic E-state index is 12.4. The van der Waals surface area contributed by atoms with Crippen molar-refractivity contribution >= 4 is 11.9 Å². The molecule has 0 bridgehead atoms. The highest BCUT2D eigenvalue weighted by atomic mass is 16.6. The molecule has 0 saturated heterocycles. The summed E-state index contributed by atoms with van der Waals surface area (Å²) >= 11 is 0. The van der Waals surface area contributed by atoms with E-state index >= 15 is 0 Å². The standard InChI is InChI=1S/C28H46O5/c1-8-20(3)26(31)33-23(17-29)18-32-25(30)16-19(2)12-14-27(6)22(5)13-15-28(7)21(4)10-9-11-24(27)28/h8,19,22-24,29H,4,9-18H2,1-3,5-7H3/b20-8+/t19?,22-,23?,24-,27+,28+/m1/s1. The summed E-state index contributed by atoms with van der Waals surface area (Å²) in [6, 6.07) is 0. The topological polar surface area (TPSA) is 72.8 Å². The Hall–Kier alpha value is -1.62. The van der Waals surface area contributed by atoms with E-state index in [-0.39, 0.29) is 35.9 Å². The van der Waals surface area contributed by atoms with Crippen molar-refractivity contribution in [2.75, 3.05) is 13.2 Å². The third-order valence-electron chi connectivity index (χ3n) is 8.92. The zero-order valence-corrected chi connectivity index (χ0v) is 21.7. The molecule has 33 heavy (non-hydrogen) atoms. The van der Waals surface area contributed by atoms with Crippen LogP contribution in [0.25, 0.3) is 0 Å². The van der Waals surface area contributed by atoms with E-state index in [1.54, 1.807) is 19.9 Å². The summed E-state index contributed by atoms with van der Waals surface area (Å²) in [4.78, 5) is 24.3. The van der Waals surface area contributed by atoms with Gasteiger partial charge in [0.25, 0.3) is 0 Å². The van der Waals surface area contributed by atoms with Crippen LogP contribution >= 0.6 is 0 Å². The summed E-state index contributed by atoms with van der Waals surface area (Å²) in [5.41, 5.74) is 2.41. The van der Waals surface area contributed by atoms with E-state index < -0.39 is 12.1 Å². The lowest BCUT2D eigenvalue weighted by atomic mass is 9.46. The van der Waals surface area contributed by atoms with Crippen molar-refractivity contribution < 1.29 is 24.2 Å². The second-order valence-electron chi connectivity index (χ2n) is 11.1. The molecule has 0 spiro atoms. The van der Waals surface area contributed by atoms with Crippen molar-refractivity contribution in [1.29, 1.82) is 0 Å². The molecule has 5 heteroatoms. The number of hydrogen-bond donors (Lipinski definition) is 1. The van der Waals surface area contributed by atoms with Gasteiger partial charge in [0.2, 0.25) is 0 Å². The molecular formula is C28H46O5. The van der Waals surface area contributed by atoms with E-state index in [1.165, 1.54) is 31.3 Å². The molecule has 2 aliphatic rings. The van der Waals surface area contributed by atoms with Crippen molar-refractivity contribution in [3.8, 4) is 0 Å².